The maximum Gasteiger partial charge on any atom is 0.169 e. The SMILES string of the molecule is Cc1nccc(N2CCN(c3nc4ccccn4c3C#N)CC2)n1. The van der Waals surface area contributed by atoms with E-state index in [4.69, 9.17) is 0 Å². The first kappa shape index (κ1) is 14.5. The Morgan fingerprint density at radius 1 is 1.04 bits per heavy atom. The van der Waals surface area contributed by atoms with Gasteiger partial charge in [0.2, 0.25) is 0 Å². The lowest BCUT2D eigenvalue weighted by Crippen LogP contribution is -2.47. The van der Waals surface area contributed by atoms with Gasteiger partial charge in [-0.1, -0.05) is 6.07 Å². The first-order valence-electron chi connectivity index (χ1n) is 7.93. The van der Waals surface area contributed by atoms with Crippen molar-refractivity contribution in [3.8, 4) is 6.07 Å². The highest BCUT2D eigenvalue weighted by molar-refractivity contribution is 5.61. The number of anilines is 2. The van der Waals surface area contributed by atoms with Crippen LogP contribution >= 0.6 is 0 Å². The molecule has 0 unspecified atom stereocenters. The highest BCUT2D eigenvalue weighted by Crippen LogP contribution is 2.23. The molecule has 0 radical (unpaired) electrons. The highest BCUT2D eigenvalue weighted by Gasteiger charge is 2.23. The summed E-state index contributed by atoms with van der Waals surface area (Å²) in [4.78, 5) is 17.7. The second kappa shape index (κ2) is 5.81. The summed E-state index contributed by atoms with van der Waals surface area (Å²) in [7, 11) is 0. The predicted octanol–water partition coefficient (Wildman–Crippen LogP) is 1.63. The smallest absolute Gasteiger partial charge is 0.169 e. The zero-order chi connectivity index (χ0) is 16.5. The van der Waals surface area contributed by atoms with E-state index in [1.807, 2.05) is 41.8 Å². The predicted molar refractivity (Wildman–Crippen MR) is 91.1 cm³/mol. The fraction of sp³-hybridized carbons (Fsp3) is 0.294. The molecule has 1 aliphatic rings. The van der Waals surface area contributed by atoms with Crippen LogP contribution in [0.3, 0.4) is 0 Å². The minimum atomic E-state index is 0.594. The lowest BCUT2D eigenvalue weighted by atomic mass is 10.3. The van der Waals surface area contributed by atoms with E-state index < -0.39 is 0 Å². The van der Waals surface area contributed by atoms with Crippen LogP contribution in [0, 0.1) is 18.3 Å². The normalized spacial score (nSPS) is 14.8. The molecule has 4 heterocycles. The summed E-state index contributed by atoms with van der Waals surface area (Å²) < 4.78 is 1.84. The molecule has 0 saturated carbocycles. The van der Waals surface area contributed by atoms with E-state index in [1.54, 1.807) is 6.20 Å². The molecule has 7 nitrogen and oxygen atoms in total. The molecule has 0 atom stereocenters. The number of aromatic nitrogens is 4. The van der Waals surface area contributed by atoms with Crippen LogP contribution in [-0.2, 0) is 0 Å². The second-order valence-corrected chi connectivity index (χ2v) is 5.76. The Hall–Kier alpha value is -3.14. The number of hydrogen-bond donors (Lipinski definition) is 0. The fourth-order valence-electron chi connectivity index (χ4n) is 3.07. The third-order valence-electron chi connectivity index (χ3n) is 4.28. The molecule has 1 aliphatic heterocycles. The van der Waals surface area contributed by atoms with Crippen LogP contribution in [0.1, 0.15) is 11.5 Å². The van der Waals surface area contributed by atoms with Gasteiger partial charge in [0.05, 0.1) is 0 Å². The summed E-state index contributed by atoms with van der Waals surface area (Å²) in [5.41, 5.74) is 1.40. The van der Waals surface area contributed by atoms with Crippen LogP contribution in [-0.4, -0.2) is 45.5 Å². The average molecular weight is 319 g/mol. The maximum atomic E-state index is 9.53. The van der Waals surface area contributed by atoms with Crippen molar-refractivity contribution in [2.24, 2.45) is 0 Å². The van der Waals surface area contributed by atoms with E-state index in [-0.39, 0.29) is 0 Å². The molecule has 3 aromatic heterocycles. The van der Waals surface area contributed by atoms with E-state index >= 15 is 0 Å². The van der Waals surface area contributed by atoms with Crippen LogP contribution < -0.4 is 9.80 Å². The Morgan fingerprint density at radius 3 is 2.58 bits per heavy atom. The topological polar surface area (TPSA) is 73.3 Å². The lowest BCUT2D eigenvalue weighted by molar-refractivity contribution is 0.640. The highest BCUT2D eigenvalue weighted by atomic mass is 15.3. The number of aryl methyl sites for hydroxylation is 1. The minimum Gasteiger partial charge on any atom is -0.353 e. The van der Waals surface area contributed by atoms with Gasteiger partial charge < -0.3 is 9.80 Å². The molecule has 1 fully saturated rings. The molecule has 1 saturated heterocycles. The van der Waals surface area contributed by atoms with Crippen molar-refractivity contribution in [1.82, 2.24) is 19.4 Å². The number of nitrogens with zero attached hydrogens (tertiary/aromatic N) is 7. The molecule has 4 rings (SSSR count). The second-order valence-electron chi connectivity index (χ2n) is 5.76. The van der Waals surface area contributed by atoms with E-state index in [0.29, 0.717) is 5.69 Å². The number of hydrogen-bond acceptors (Lipinski definition) is 6. The van der Waals surface area contributed by atoms with Crippen LogP contribution in [0.25, 0.3) is 5.65 Å². The Morgan fingerprint density at radius 2 is 1.83 bits per heavy atom. The van der Waals surface area contributed by atoms with E-state index in [9.17, 15) is 5.26 Å². The summed E-state index contributed by atoms with van der Waals surface area (Å²) in [5.74, 6) is 2.50. The zero-order valence-corrected chi connectivity index (χ0v) is 13.4. The van der Waals surface area contributed by atoms with Gasteiger partial charge in [0.15, 0.2) is 11.5 Å². The van der Waals surface area contributed by atoms with Gasteiger partial charge in [0, 0.05) is 38.6 Å². The van der Waals surface area contributed by atoms with Gasteiger partial charge in [-0.3, -0.25) is 4.40 Å². The van der Waals surface area contributed by atoms with E-state index in [0.717, 1.165) is 49.3 Å². The molecule has 24 heavy (non-hydrogen) atoms. The minimum absolute atomic E-state index is 0.594. The zero-order valence-electron chi connectivity index (χ0n) is 13.4. The summed E-state index contributed by atoms with van der Waals surface area (Å²) in [6.45, 7) is 5.20. The Balaban J connectivity index is 1.57. The van der Waals surface area contributed by atoms with Gasteiger partial charge in [-0.15, -0.1) is 0 Å². The van der Waals surface area contributed by atoms with Gasteiger partial charge >= 0.3 is 0 Å². The lowest BCUT2D eigenvalue weighted by Gasteiger charge is -2.35. The summed E-state index contributed by atoms with van der Waals surface area (Å²) >= 11 is 0. The third-order valence-corrected chi connectivity index (χ3v) is 4.28. The third kappa shape index (κ3) is 2.42. The molecule has 0 bridgehead atoms. The van der Waals surface area contributed by atoms with Gasteiger partial charge in [0.25, 0.3) is 0 Å². The Kier molecular flexibility index (Phi) is 3.50. The molecule has 7 heteroatoms. The maximum absolute atomic E-state index is 9.53. The number of fused-ring (bicyclic) bond motifs is 1. The molecule has 0 spiro atoms. The molecule has 0 amide bonds. The summed E-state index contributed by atoms with van der Waals surface area (Å²) in [6.07, 6.45) is 3.67. The van der Waals surface area contributed by atoms with Crippen molar-refractivity contribution in [2.75, 3.05) is 36.0 Å². The van der Waals surface area contributed by atoms with Crippen LogP contribution in [0.5, 0.6) is 0 Å². The van der Waals surface area contributed by atoms with Gasteiger partial charge in [-0.2, -0.15) is 5.26 Å². The molecule has 120 valence electrons. The molecular weight excluding hydrogens is 302 g/mol. The molecule has 0 N–H and O–H groups in total. The standard InChI is InChI=1S/C17H17N7/c1-13-19-6-5-15(20-13)22-8-10-23(11-9-22)17-14(12-18)24-7-3-2-4-16(24)21-17/h2-7H,8-11H2,1H3. The van der Waals surface area contributed by atoms with Crippen LogP contribution in [0.15, 0.2) is 36.7 Å². The Labute approximate surface area is 139 Å². The average Bonchev–Trinajstić information content (AvgIpc) is 3.00. The summed E-state index contributed by atoms with van der Waals surface area (Å²) in [6, 6.07) is 10.00. The number of imidazole rings is 1. The van der Waals surface area contributed by atoms with Gasteiger partial charge in [-0.05, 0) is 25.1 Å². The van der Waals surface area contributed by atoms with E-state index in [1.165, 1.54) is 0 Å². The van der Waals surface area contributed by atoms with Crippen molar-refractivity contribution >= 4 is 17.3 Å². The van der Waals surface area contributed by atoms with Crippen molar-refractivity contribution in [3.05, 3.63) is 48.2 Å². The quantitative estimate of drug-likeness (QED) is 0.715. The van der Waals surface area contributed by atoms with Crippen molar-refractivity contribution in [2.45, 2.75) is 6.92 Å². The van der Waals surface area contributed by atoms with E-state index in [2.05, 4.69) is 30.8 Å². The Bertz CT molecular complexity index is 916. The fourth-order valence-corrected chi connectivity index (χ4v) is 3.07. The first-order valence-corrected chi connectivity index (χ1v) is 7.93. The van der Waals surface area contributed by atoms with Crippen molar-refractivity contribution in [1.29, 1.82) is 5.26 Å². The molecule has 3 aromatic rings. The monoisotopic (exact) mass is 319 g/mol. The van der Waals surface area contributed by atoms with Crippen molar-refractivity contribution in [3.63, 3.8) is 0 Å². The van der Waals surface area contributed by atoms with Crippen LogP contribution in [0.2, 0.25) is 0 Å². The molecular formula is C17H17N7. The van der Waals surface area contributed by atoms with Gasteiger partial charge in [0.1, 0.15) is 23.4 Å². The van der Waals surface area contributed by atoms with Crippen LogP contribution in [0.4, 0.5) is 11.6 Å². The first-order chi connectivity index (χ1) is 11.8. The molecule has 0 aromatic carbocycles. The number of nitriles is 1. The van der Waals surface area contributed by atoms with Gasteiger partial charge in [-0.25, -0.2) is 15.0 Å². The molecule has 0 aliphatic carbocycles. The summed E-state index contributed by atoms with van der Waals surface area (Å²) in [5, 5.41) is 9.53. The number of pyridine rings is 1. The largest absolute Gasteiger partial charge is 0.353 e. The number of piperazine rings is 1. The number of rotatable bonds is 2. The van der Waals surface area contributed by atoms with Crippen molar-refractivity contribution < 1.29 is 0 Å².